The first kappa shape index (κ1) is 14.7. The van der Waals surface area contributed by atoms with Gasteiger partial charge in [0.1, 0.15) is 6.33 Å². The third-order valence-corrected chi connectivity index (χ3v) is 4.98. The molecule has 0 amide bonds. The number of hydrogen-bond donors (Lipinski definition) is 1. The number of nitrogens with one attached hydrogen (secondary N) is 1. The van der Waals surface area contributed by atoms with Gasteiger partial charge in [0.25, 0.3) is 0 Å². The van der Waals surface area contributed by atoms with E-state index in [1.165, 1.54) is 5.56 Å². The predicted molar refractivity (Wildman–Crippen MR) is 94.7 cm³/mol. The quantitative estimate of drug-likeness (QED) is 0.682. The highest BCUT2D eigenvalue weighted by Gasteiger charge is 2.30. The van der Waals surface area contributed by atoms with E-state index >= 15 is 0 Å². The van der Waals surface area contributed by atoms with Crippen molar-refractivity contribution in [2.24, 2.45) is 0 Å². The summed E-state index contributed by atoms with van der Waals surface area (Å²) < 4.78 is 3.00. The lowest BCUT2D eigenvalue weighted by atomic mass is 9.93. The van der Waals surface area contributed by atoms with E-state index in [-0.39, 0.29) is 12.1 Å². The fraction of sp³-hybridized carbons (Fsp3) is 0.176. The van der Waals surface area contributed by atoms with Gasteiger partial charge in [0, 0.05) is 9.50 Å². The molecule has 1 aliphatic heterocycles. The van der Waals surface area contributed by atoms with Crippen molar-refractivity contribution in [3.05, 3.63) is 75.5 Å². The Morgan fingerprint density at radius 1 is 1.17 bits per heavy atom. The van der Waals surface area contributed by atoms with Gasteiger partial charge in [-0.25, -0.2) is 4.68 Å². The van der Waals surface area contributed by atoms with Crippen molar-refractivity contribution >= 4 is 33.5 Å². The van der Waals surface area contributed by atoms with E-state index in [0.29, 0.717) is 0 Å². The van der Waals surface area contributed by atoms with Crippen LogP contribution in [0.25, 0.3) is 0 Å². The first-order valence-electron chi connectivity index (χ1n) is 7.38. The minimum atomic E-state index is 0.101. The lowest BCUT2D eigenvalue weighted by molar-refractivity contribution is 0.431. The standard InChI is InChI=1S/C17H14BrClN4/c18-12-5-3-4-11(8-12)16-9-15(13-6-1-2-7-14(13)19)22-17-20-10-21-23(16)17/h1-8,10,15-16H,9H2,(H,20,21,22)/t15-,16-/m1/s1. The maximum atomic E-state index is 6.39. The predicted octanol–water partition coefficient (Wildman–Crippen LogP) is 4.84. The molecule has 23 heavy (non-hydrogen) atoms. The maximum absolute atomic E-state index is 6.39. The molecule has 1 N–H and O–H groups in total. The van der Waals surface area contributed by atoms with Crippen molar-refractivity contribution in [2.45, 2.75) is 18.5 Å². The lowest BCUT2D eigenvalue weighted by Gasteiger charge is -2.32. The van der Waals surface area contributed by atoms with Gasteiger partial charge in [-0.3, -0.25) is 0 Å². The topological polar surface area (TPSA) is 42.7 Å². The van der Waals surface area contributed by atoms with Gasteiger partial charge in [-0.05, 0) is 35.7 Å². The number of nitrogens with zero attached hydrogens (tertiary/aromatic N) is 3. The molecule has 0 aliphatic carbocycles. The van der Waals surface area contributed by atoms with Crippen LogP contribution in [0.1, 0.15) is 29.6 Å². The van der Waals surface area contributed by atoms with Crippen LogP contribution in [0.3, 0.4) is 0 Å². The van der Waals surface area contributed by atoms with E-state index in [2.05, 4.69) is 49.5 Å². The molecule has 0 fully saturated rings. The summed E-state index contributed by atoms with van der Waals surface area (Å²) in [7, 11) is 0. The molecule has 0 spiro atoms. The highest BCUT2D eigenvalue weighted by atomic mass is 79.9. The number of anilines is 1. The monoisotopic (exact) mass is 388 g/mol. The van der Waals surface area contributed by atoms with Crippen molar-refractivity contribution in [1.82, 2.24) is 14.8 Å². The molecule has 0 saturated carbocycles. The van der Waals surface area contributed by atoms with Crippen molar-refractivity contribution in [2.75, 3.05) is 5.32 Å². The number of benzene rings is 2. The highest BCUT2D eigenvalue weighted by molar-refractivity contribution is 9.10. The third kappa shape index (κ3) is 2.75. The molecule has 4 nitrogen and oxygen atoms in total. The Morgan fingerprint density at radius 3 is 2.87 bits per heavy atom. The lowest BCUT2D eigenvalue weighted by Crippen LogP contribution is -2.28. The van der Waals surface area contributed by atoms with Crippen molar-refractivity contribution in [3.63, 3.8) is 0 Å². The normalized spacial score (nSPS) is 19.9. The molecule has 6 heteroatoms. The second kappa shape index (κ2) is 5.98. The van der Waals surface area contributed by atoms with Gasteiger partial charge in [-0.15, -0.1) is 0 Å². The number of aromatic nitrogens is 3. The Kier molecular flexibility index (Phi) is 3.83. The summed E-state index contributed by atoms with van der Waals surface area (Å²) in [5.74, 6) is 0.770. The number of rotatable bonds is 2. The summed E-state index contributed by atoms with van der Waals surface area (Å²) in [6.07, 6.45) is 2.44. The molecule has 1 aromatic heterocycles. The third-order valence-electron chi connectivity index (χ3n) is 4.14. The fourth-order valence-electron chi connectivity index (χ4n) is 3.07. The zero-order valence-electron chi connectivity index (χ0n) is 12.2. The molecule has 3 aromatic rings. The molecular formula is C17H14BrClN4. The van der Waals surface area contributed by atoms with Gasteiger partial charge in [0.2, 0.25) is 5.95 Å². The molecule has 4 rings (SSSR count). The first-order valence-corrected chi connectivity index (χ1v) is 8.55. The van der Waals surface area contributed by atoms with Gasteiger partial charge in [-0.2, -0.15) is 10.1 Å². The zero-order valence-corrected chi connectivity index (χ0v) is 14.5. The van der Waals surface area contributed by atoms with Crippen LogP contribution in [0.4, 0.5) is 5.95 Å². The maximum Gasteiger partial charge on any atom is 0.222 e. The molecule has 0 bridgehead atoms. The van der Waals surface area contributed by atoms with E-state index in [1.807, 2.05) is 35.0 Å². The van der Waals surface area contributed by atoms with E-state index in [1.54, 1.807) is 6.33 Å². The molecule has 2 atom stereocenters. The summed E-state index contributed by atoms with van der Waals surface area (Å²) in [6, 6.07) is 16.5. The molecule has 0 unspecified atom stereocenters. The zero-order chi connectivity index (χ0) is 15.8. The van der Waals surface area contributed by atoms with Crippen LogP contribution in [0.5, 0.6) is 0 Å². The van der Waals surface area contributed by atoms with Crippen LogP contribution < -0.4 is 5.32 Å². The van der Waals surface area contributed by atoms with Crippen LogP contribution in [-0.4, -0.2) is 14.8 Å². The first-order chi connectivity index (χ1) is 11.2. The van der Waals surface area contributed by atoms with E-state index < -0.39 is 0 Å². The summed E-state index contributed by atoms with van der Waals surface area (Å²) in [4.78, 5) is 4.35. The van der Waals surface area contributed by atoms with E-state index in [0.717, 1.165) is 27.4 Å². The van der Waals surface area contributed by atoms with Crippen LogP contribution in [0.2, 0.25) is 5.02 Å². The average Bonchev–Trinajstić information content (AvgIpc) is 3.03. The number of fused-ring (bicyclic) bond motifs is 1. The van der Waals surface area contributed by atoms with Gasteiger partial charge >= 0.3 is 0 Å². The van der Waals surface area contributed by atoms with Crippen molar-refractivity contribution in [1.29, 1.82) is 0 Å². The molecule has 0 radical (unpaired) electrons. The average molecular weight is 390 g/mol. The minimum Gasteiger partial charge on any atom is -0.347 e. The van der Waals surface area contributed by atoms with E-state index in [4.69, 9.17) is 11.6 Å². The van der Waals surface area contributed by atoms with Gasteiger partial charge in [-0.1, -0.05) is 57.9 Å². The molecular weight excluding hydrogens is 376 g/mol. The van der Waals surface area contributed by atoms with Gasteiger partial charge < -0.3 is 5.32 Å². The Bertz CT molecular complexity index is 848. The molecule has 2 heterocycles. The molecule has 1 aliphatic rings. The Balaban J connectivity index is 1.77. The van der Waals surface area contributed by atoms with Crippen LogP contribution >= 0.6 is 27.5 Å². The van der Waals surface area contributed by atoms with Gasteiger partial charge in [0.05, 0.1) is 12.1 Å². The van der Waals surface area contributed by atoms with Crippen LogP contribution in [0, 0.1) is 0 Å². The largest absolute Gasteiger partial charge is 0.347 e. The number of hydrogen-bond acceptors (Lipinski definition) is 3. The number of halogens is 2. The van der Waals surface area contributed by atoms with Crippen molar-refractivity contribution in [3.8, 4) is 0 Å². The Labute approximate surface area is 147 Å². The summed E-state index contributed by atoms with van der Waals surface area (Å²) >= 11 is 9.94. The highest BCUT2D eigenvalue weighted by Crippen LogP contribution is 2.39. The second-order valence-corrected chi connectivity index (χ2v) is 6.88. The van der Waals surface area contributed by atoms with Gasteiger partial charge in [0.15, 0.2) is 0 Å². The van der Waals surface area contributed by atoms with E-state index in [9.17, 15) is 0 Å². The molecule has 116 valence electrons. The fourth-order valence-corrected chi connectivity index (χ4v) is 3.76. The Morgan fingerprint density at radius 2 is 2.04 bits per heavy atom. The smallest absolute Gasteiger partial charge is 0.222 e. The SMILES string of the molecule is Clc1ccccc1[C@H]1C[C@H](c2cccc(Br)c2)n2ncnc2N1. The summed E-state index contributed by atoms with van der Waals surface area (Å²) in [5, 5.41) is 8.60. The molecule has 2 aromatic carbocycles. The summed E-state index contributed by atoms with van der Waals surface area (Å²) in [5.41, 5.74) is 2.29. The van der Waals surface area contributed by atoms with Crippen molar-refractivity contribution < 1.29 is 0 Å². The second-order valence-electron chi connectivity index (χ2n) is 5.55. The van der Waals surface area contributed by atoms with Crippen LogP contribution in [0.15, 0.2) is 59.3 Å². The van der Waals surface area contributed by atoms with Crippen LogP contribution in [-0.2, 0) is 0 Å². The molecule has 0 saturated heterocycles. The Hall–Kier alpha value is -1.85. The minimum absolute atomic E-state index is 0.101. The summed E-state index contributed by atoms with van der Waals surface area (Å²) in [6.45, 7) is 0.